The number of para-hydroxylation sites is 1. The van der Waals surface area contributed by atoms with Gasteiger partial charge in [-0.15, -0.1) is 0 Å². The first kappa shape index (κ1) is 18.1. The molecule has 0 amide bonds. The smallest absolute Gasteiger partial charge is 0.244 e. The second-order valence-electron chi connectivity index (χ2n) is 7.43. The molecule has 0 radical (unpaired) electrons. The first-order chi connectivity index (χ1) is 12.9. The molecule has 142 valence electrons. The Hall–Kier alpha value is -2.31. The molecule has 1 fully saturated rings. The van der Waals surface area contributed by atoms with Gasteiger partial charge in [-0.2, -0.15) is 0 Å². The molecule has 2 aromatic carbocycles. The molecule has 0 bridgehead atoms. The van der Waals surface area contributed by atoms with Crippen molar-refractivity contribution in [2.45, 2.75) is 30.1 Å². The Morgan fingerprint density at radius 1 is 1.19 bits per heavy atom. The number of hydrogen-bond donors (Lipinski definition) is 1. The summed E-state index contributed by atoms with van der Waals surface area (Å²) in [5.74, 6) is 0.364. The molecule has 1 aromatic heterocycles. The number of fused-ring (bicyclic) bond motifs is 1. The van der Waals surface area contributed by atoms with Crippen molar-refractivity contribution in [3.05, 3.63) is 59.8 Å². The van der Waals surface area contributed by atoms with Crippen LogP contribution in [0.25, 0.3) is 10.9 Å². The van der Waals surface area contributed by atoms with Gasteiger partial charge in [-0.3, -0.25) is 0 Å². The number of aromatic nitrogens is 1. The van der Waals surface area contributed by atoms with Crippen LogP contribution in [-0.4, -0.2) is 26.6 Å². The molecule has 1 aliphatic rings. The third-order valence-corrected chi connectivity index (χ3v) is 6.95. The molecule has 3 aromatic rings. The third kappa shape index (κ3) is 3.13. The van der Waals surface area contributed by atoms with E-state index in [-0.39, 0.29) is 10.3 Å². The summed E-state index contributed by atoms with van der Waals surface area (Å²) in [4.78, 5) is 0.193. The van der Waals surface area contributed by atoms with Crippen molar-refractivity contribution < 1.29 is 13.2 Å². The number of nitrogens with one attached hydrogen (secondary N) is 1. The lowest BCUT2D eigenvalue weighted by molar-refractivity contribution is 0.402. The van der Waals surface area contributed by atoms with Gasteiger partial charge >= 0.3 is 0 Å². The molecule has 0 saturated heterocycles. The van der Waals surface area contributed by atoms with Gasteiger partial charge in [0.25, 0.3) is 0 Å². The van der Waals surface area contributed by atoms with Crippen LogP contribution in [0.1, 0.15) is 24.0 Å². The molecule has 6 heteroatoms. The van der Waals surface area contributed by atoms with Gasteiger partial charge in [0.1, 0.15) is 10.6 Å². The fraction of sp³-hybridized carbons (Fsp3) is 0.333. The molecular formula is C21H24N2O3S. The lowest BCUT2D eigenvalue weighted by Gasteiger charge is -2.17. The van der Waals surface area contributed by atoms with E-state index in [1.54, 1.807) is 12.1 Å². The summed E-state index contributed by atoms with van der Waals surface area (Å²) in [7, 11) is -0.135. The lowest BCUT2D eigenvalue weighted by atomic mass is 9.96. The number of hydrogen-bond acceptors (Lipinski definition) is 3. The quantitative estimate of drug-likeness (QED) is 0.708. The highest BCUT2D eigenvalue weighted by Crippen LogP contribution is 2.50. The molecular weight excluding hydrogens is 360 g/mol. The van der Waals surface area contributed by atoms with Crippen LogP contribution in [0.4, 0.5) is 0 Å². The fourth-order valence-electron chi connectivity index (χ4n) is 3.76. The van der Waals surface area contributed by atoms with Crippen LogP contribution in [0.3, 0.4) is 0 Å². The van der Waals surface area contributed by atoms with Crippen molar-refractivity contribution in [1.82, 2.24) is 9.29 Å². The predicted molar refractivity (Wildman–Crippen MR) is 107 cm³/mol. The summed E-state index contributed by atoms with van der Waals surface area (Å²) in [5.41, 5.74) is 3.14. The van der Waals surface area contributed by atoms with Crippen LogP contribution in [0.5, 0.6) is 5.75 Å². The van der Waals surface area contributed by atoms with Crippen molar-refractivity contribution in [2.75, 3.05) is 13.7 Å². The molecule has 0 atom stereocenters. The van der Waals surface area contributed by atoms with Gasteiger partial charge in [-0.1, -0.05) is 24.3 Å². The average Bonchev–Trinajstić information content (AvgIpc) is 3.38. The third-order valence-electron chi connectivity index (χ3n) is 5.53. The van der Waals surface area contributed by atoms with Gasteiger partial charge in [-0.25, -0.2) is 13.1 Å². The van der Waals surface area contributed by atoms with Crippen molar-refractivity contribution in [3.63, 3.8) is 0 Å². The van der Waals surface area contributed by atoms with Gasteiger partial charge in [0, 0.05) is 36.1 Å². The lowest BCUT2D eigenvalue weighted by Crippen LogP contribution is -2.32. The molecule has 0 unspecified atom stereocenters. The van der Waals surface area contributed by atoms with Crippen LogP contribution in [0.15, 0.2) is 53.6 Å². The van der Waals surface area contributed by atoms with Gasteiger partial charge in [0.2, 0.25) is 10.0 Å². The van der Waals surface area contributed by atoms with E-state index in [0.717, 1.165) is 18.4 Å². The molecule has 1 aliphatic carbocycles. The monoisotopic (exact) mass is 384 g/mol. The van der Waals surface area contributed by atoms with E-state index in [0.29, 0.717) is 12.3 Å². The number of rotatable bonds is 6. The molecule has 1 heterocycles. The van der Waals surface area contributed by atoms with Crippen LogP contribution in [0, 0.1) is 6.92 Å². The SMILES string of the molecule is COc1ccc(C)cc1S(=O)(=O)NCC1(c2cn(C)c3ccccc23)CC1. The highest BCUT2D eigenvalue weighted by Gasteiger charge is 2.46. The average molecular weight is 385 g/mol. The van der Waals surface area contributed by atoms with Crippen LogP contribution in [-0.2, 0) is 22.5 Å². The number of methoxy groups -OCH3 is 1. The summed E-state index contributed by atoms with van der Waals surface area (Å²) in [5, 5.41) is 1.20. The maximum Gasteiger partial charge on any atom is 0.244 e. The zero-order valence-corrected chi connectivity index (χ0v) is 16.6. The summed E-state index contributed by atoms with van der Waals surface area (Å²) < 4.78 is 36.1. The van der Waals surface area contributed by atoms with E-state index in [4.69, 9.17) is 4.74 Å². The first-order valence-electron chi connectivity index (χ1n) is 9.05. The number of aryl methyl sites for hydroxylation is 2. The van der Waals surface area contributed by atoms with Crippen LogP contribution >= 0.6 is 0 Å². The summed E-state index contributed by atoms with van der Waals surface area (Å²) >= 11 is 0. The highest BCUT2D eigenvalue weighted by molar-refractivity contribution is 7.89. The molecule has 5 nitrogen and oxygen atoms in total. The van der Waals surface area contributed by atoms with E-state index < -0.39 is 10.0 Å². The number of sulfonamides is 1. The van der Waals surface area contributed by atoms with Crippen molar-refractivity contribution in [2.24, 2.45) is 7.05 Å². The van der Waals surface area contributed by atoms with Gasteiger partial charge < -0.3 is 9.30 Å². The van der Waals surface area contributed by atoms with Crippen molar-refractivity contribution in [1.29, 1.82) is 0 Å². The van der Waals surface area contributed by atoms with Crippen molar-refractivity contribution in [3.8, 4) is 5.75 Å². The van der Waals surface area contributed by atoms with Crippen molar-refractivity contribution >= 4 is 20.9 Å². The van der Waals surface area contributed by atoms with Gasteiger partial charge in [0.15, 0.2) is 0 Å². The Balaban J connectivity index is 1.64. The number of ether oxygens (including phenoxy) is 1. The summed E-state index contributed by atoms with van der Waals surface area (Å²) in [6, 6.07) is 13.5. The van der Waals surface area contributed by atoms with Crippen LogP contribution < -0.4 is 9.46 Å². The number of nitrogens with zero attached hydrogens (tertiary/aromatic N) is 1. The van der Waals surface area contributed by atoms with E-state index in [9.17, 15) is 8.42 Å². The Labute approximate surface area is 160 Å². The van der Waals surface area contributed by atoms with E-state index in [1.807, 2.05) is 32.2 Å². The fourth-order valence-corrected chi connectivity index (χ4v) is 5.14. The maximum atomic E-state index is 12.9. The normalized spacial score (nSPS) is 15.8. The second-order valence-corrected chi connectivity index (χ2v) is 9.17. The Morgan fingerprint density at radius 2 is 1.93 bits per heavy atom. The molecule has 1 N–H and O–H groups in total. The van der Waals surface area contributed by atoms with Gasteiger partial charge in [-0.05, 0) is 49.1 Å². The van der Waals surface area contributed by atoms with E-state index >= 15 is 0 Å². The topological polar surface area (TPSA) is 60.3 Å². The molecule has 4 rings (SSSR count). The maximum absolute atomic E-state index is 12.9. The highest BCUT2D eigenvalue weighted by atomic mass is 32.2. The minimum Gasteiger partial charge on any atom is -0.495 e. The minimum atomic E-state index is -3.65. The largest absolute Gasteiger partial charge is 0.495 e. The zero-order valence-electron chi connectivity index (χ0n) is 15.8. The molecule has 0 spiro atoms. The van der Waals surface area contributed by atoms with E-state index in [2.05, 4.69) is 27.6 Å². The standard InChI is InChI=1S/C21H24N2O3S/c1-15-8-9-19(26-3)20(12-15)27(24,25)22-14-21(10-11-21)17-13-23(2)18-7-5-4-6-16(17)18/h4-9,12-13,22H,10-11,14H2,1-3H3. The zero-order chi connectivity index (χ0) is 19.2. The Kier molecular flexibility index (Phi) is 4.28. The Morgan fingerprint density at radius 3 is 2.63 bits per heavy atom. The summed E-state index contributed by atoms with van der Waals surface area (Å²) in [6.07, 6.45) is 4.10. The van der Waals surface area contributed by atoms with Gasteiger partial charge in [0.05, 0.1) is 7.11 Å². The number of benzene rings is 2. The summed E-state index contributed by atoms with van der Waals surface area (Å²) in [6.45, 7) is 2.26. The molecule has 1 saturated carbocycles. The minimum absolute atomic E-state index is 0.134. The van der Waals surface area contributed by atoms with E-state index in [1.165, 1.54) is 23.6 Å². The predicted octanol–water partition coefficient (Wildman–Crippen LogP) is 3.51. The Bertz CT molecular complexity index is 1110. The molecule has 0 aliphatic heterocycles. The second kappa shape index (κ2) is 6.39. The van der Waals surface area contributed by atoms with Crippen LogP contribution in [0.2, 0.25) is 0 Å². The first-order valence-corrected chi connectivity index (χ1v) is 10.5. The molecule has 27 heavy (non-hydrogen) atoms.